The highest BCUT2D eigenvalue weighted by atomic mass is 16.5. The van der Waals surface area contributed by atoms with E-state index in [9.17, 15) is 5.11 Å². The molecule has 2 aromatic rings. The molecule has 5 nitrogen and oxygen atoms in total. The van der Waals surface area contributed by atoms with Gasteiger partial charge in [0.25, 0.3) is 0 Å². The fraction of sp³-hybridized carbons (Fsp3) is 0.562. The number of rotatable bonds is 6. The molecule has 0 spiro atoms. The van der Waals surface area contributed by atoms with Crippen molar-refractivity contribution in [2.45, 2.75) is 26.3 Å². The molecular formula is C16H23N3O2. The first-order valence-electron chi connectivity index (χ1n) is 7.54. The van der Waals surface area contributed by atoms with Gasteiger partial charge in [-0.3, -0.25) is 0 Å². The zero-order chi connectivity index (χ0) is 14.7. The van der Waals surface area contributed by atoms with Gasteiger partial charge in [0.05, 0.1) is 18.5 Å². The molecule has 21 heavy (non-hydrogen) atoms. The first kappa shape index (κ1) is 14.5. The maximum absolute atomic E-state index is 9.25. The van der Waals surface area contributed by atoms with Crippen molar-refractivity contribution >= 4 is 5.65 Å². The van der Waals surface area contributed by atoms with Crippen LogP contribution in [0.25, 0.3) is 5.65 Å². The molecule has 0 saturated carbocycles. The minimum Gasteiger partial charge on any atom is -0.396 e. The topological polar surface area (TPSA) is 58.8 Å². The van der Waals surface area contributed by atoms with Crippen LogP contribution in [0.1, 0.15) is 24.1 Å². The van der Waals surface area contributed by atoms with Crippen molar-refractivity contribution in [1.29, 1.82) is 0 Å². The van der Waals surface area contributed by atoms with Crippen LogP contribution in [-0.4, -0.2) is 40.9 Å². The lowest BCUT2D eigenvalue weighted by atomic mass is 9.84. The lowest BCUT2D eigenvalue weighted by Crippen LogP contribution is -2.35. The van der Waals surface area contributed by atoms with E-state index in [0.29, 0.717) is 0 Å². The van der Waals surface area contributed by atoms with Crippen LogP contribution < -0.4 is 5.32 Å². The van der Waals surface area contributed by atoms with Crippen LogP contribution in [0.2, 0.25) is 0 Å². The van der Waals surface area contributed by atoms with Crippen molar-refractivity contribution in [2.24, 2.45) is 5.41 Å². The zero-order valence-electron chi connectivity index (χ0n) is 12.5. The summed E-state index contributed by atoms with van der Waals surface area (Å²) in [6.07, 6.45) is 5.85. The number of imidazole rings is 1. The molecule has 0 bridgehead atoms. The predicted octanol–water partition coefficient (Wildman–Crippen LogP) is 1.52. The summed E-state index contributed by atoms with van der Waals surface area (Å²) in [5.74, 6) is 0. The second-order valence-corrected chi connectivity index (χ2v) is 6.06. The highest BCUT2D eigenvalue weighted by molar-refractivity contribution is 5.41. The Labute approximate surface area is 125 Å². The molecule has 1 aliphatic heterocycles. The molecule has 1 atom stereocenters. The van der Waals surface area contributed by atoms with E-state index in [1.54, 1.807) is 0 Å². The number of aryl methyl sites for hydroxylation is 1. The number of fused-ring (bicyclic) bond motifs is 1. The van der Waals surface area contributed by atoms with Crippen LogP contribution in [0.5, 0.6) is 0 Å². The van der Waals surface area contributed by atoms with Gasteiger partial charge in [0.1, 0.15) is 5.65 Å². The Morgan fingerprint density at radius 1 is 1.48 bits per heavy atom. The van der Waals surface area contributed by atoms with E-state index in [4.69, 9.17) is 4.74 Å². The van der Waals surface area contributed by atoms with E-state index < -0.39 is 0 Å². The molecule has 0 aliphatic carbocycles. The Balaban J connectivity index is 1.65. The van der Waals surface area contributed by atoms with E-state index in [0.717, 1.165) is 50.5 Å². The van der Waals surface area contributed by atoms with Gasteiger partial charge in [0, 0.05) is 37.9 Å². The van der Waals surface area contributed by atoms with Crippen LogP contribution >= 0.6 is 0 Å². The number of aliphatic hydroxyl groups excluding tert-OH is 1. The summed E-state index contributed by atoms with van der Waals surface area (Å²) in [4.78, 5) is 4.42. The van der Waals surface area contributed by atoms with E-state index in [1.807, 2.05) is 12.3 Å². The van der Waals surface area contributed by atoms with Crippen LogP contribution in [-0.2, 0) is 11.3 Å². The van der Waals surface area contributed by atoms with Crippen molar-refractivity contribution in [3.05, 3.63) is 35.8 Å². The first-order chi connectivity index (χ1) is 10.2. The van der Waals surface area contributed by atoms with Crippen molar-refractivity contribution < 1.29 is 9.84 Å². The first-order valence-corrected chi connectivity index (χ1v) is 7.54. The summed E-state index contributed by atoms with van der Waals surface area (Å²) in [7, 11) is 0. The fourth-order valence-electron chi connectivity index (χ4n) is 3.04. The normalized spacial score (nSPS) is 22.2. The summed E-state index contributed by atoms with van der Waals surface area (Å²) in [5, 5.41) is 12.8. The largest absolute Gasteiger partial charge is 0.396 e. The SMILES string of the molecule is Cc1ccc2ncc(CNCC3(CCO)CCOC3)n2c1. The third kappa shape index (κ3) is 3.10. The second kappa shape index (κ2) is 6.13. The van der Waals surface area contributed by atoms with Crippen molar-refractivity contribution in [3.63, 3.8) is 0 Å². The molecule has 3 rings (SSSR count). The van der Waals surface area contributed by atoms with Crippen molar-refractivity contribution in [1.82, 2.24) is 14.7 Å². The van der Waals surface area contributed by atoms with Gasteiger partial charge >= 0.3 is 0 Å². The Morgan fingerprint density at radius 3 is 3.14 bits per heavy atom. The average molecular weight is 289 g/mol. The predicted molar refractivity (Wildman–Crippen MR) is 81.2 cm³/mol. The van der Waals surface area contributed by atoms with Gasteiger partial charge in [-0.1, -0.05) is 6.07 Å². The lowest BCUT2D eigenvalue weighted by Gasteiger charge is -2.26. The Bertz CT molecular complexity index is 603. The van der Waals surface area contributed by atoms with E-state index in [-0.39, 0.29) is 12.0 Å². The molecule has 0 radical (unpaired) electrons. The smallest absolute Gasteiger partial charge is 0.136 e. The van der Waals surface area contributed by atoms with Gasteiger partial charge in [-0.05, 0) is 31.4 Å². The van der Waals surface area contributed by atoms with E-state index in [2.05, 4.69) is 33.9 Å². The number of hydrogen-bond acceptors (Lipinski definition) is 4. The summed E-state index contributed by atoms with van der Waals surface area (Å²) in [6, 6.07) is 4.11. The molecule has 2 aromatic heterocycles. The number of aromatic nitrogens is 2. The molecule has 3 heterocycles. The highest BCUT2D eigenvalue weighted by Crippen LogP contribution is 2.31. The Hall–Kier alpha value is -1.43. The summed E-state index contributed by atoms with van der Waals surface area (Å²) < 4.78 is 7.65. The summed E-state index contributed by atoms with van der Waals surface area (Å²) >= 11 is 0. The average Bonchev–Trinajstić information content (AvgIpc) is 3.08. The van der Waals surface area contributed by atoms with Crippen LogP contribution in [0.4, 0.5) is 0 Å². The fourth-order valence-corrected chi connectivity index (χ4v) is 3.04. The molecule has 0 aromatic carbocycles. The standard InChI is InChI=1S/C16H23N3O2/c1-13-2-3-15-18-9-14(19(15)10-13)8-17-11-16(4-6-20)5-7-21-12-16/h2-3,9-10,17,20H,4-8,11-12H2,1H3. The Kier molecular flexibility index (Phi) is 4.24. The molecule has 1 aliphatic rings. The minimum absolute atomic E-state index is 0.0885. The highest BCUT2D eigenvalue weighted by Gasteiger charge is 2.33. The quantitative estimate of drug-likeness (QED) is 0.846. The van der Waals surface area contributed by atoms with Gasteiger partial charge in [-0.25, -0.2) is 4.98 Å². The maximum atomic E-state index is 9.25. The van der Waals surface area contributed by atoms with Crippen molar-refractivity contribution in [2.75, 3.05) is 26.4 Å². The van der Waals surface area contributed by atoms with E-state index >= 15 is 0 Å². The monoisotopic (exact) mass is 289 g/mol. The van der Waals surface area contributed by atoms with Gasteiger partial charge in [0.2, 0.25) is 0 Å². The van der Waals surface area contributed by atoms with E-state index in [1.165, 1.54) is 5.56 Å². The van der Waals surface area contributed by atoms with Crippen LogP contribution in [0.3, 0.4) is 0 Å². The third-order valence-electron chi connectivity index (χ3n) is 4.36. The molecule has 114 valence electrons. The van der Waals surface area contributed by atoms with Crippen LogP contribution in [0.15, 0.2) is 24.5 Å². The maximum Gasteiger partial charge on any atom is 0.136 e. The number of pyridine rings is 1. The zero-order valence-corrected chi connectivity index (χ0v) is 12.5. The van der Waals surface area contributed by atoms with Gasteiger partial charge in [0.15, 0.2) is 0 Å². The van der Waals surface area contributed by atoms with Gasteiger partial charge < -0.3 is 19.6 Å². The number of aliphatic hydroxyl groups is 1. The van der Waals surface area contributed by atoms with Crippen LogP contribution in [0, 0.1) is 12.3 Å². The van der Waals surface area contributed by atoms with Gasteiger partial charge in [-0.2, -0.15) is 0 Å². The summed E-state index contributed by atoms with van der Waals surface area (Å²) in [6.45, 7) is 5.50. The third-order valence-corrected chi connectivity index (χ3v) is 4.36. The molecule has 1 saturated heterocycles. The molecular weight excluding hydrogens is 266 g/mol. The number of nitrogens with zero attached hydrogens (tertiary/aromatic N) is 2. The second-order valence-electron chi connectivity index (χ2n) is 6.06. The Morgan fingerprint density at radius 2 is 2.38 bits per heavy atom. The molecule has 2 N–H and O–H groups in total. The van der Waals surface area contributed by atoms with Gasteiger partial charge in [-0.15, -0.1) is 0 Å². The molecule has 5 heteroatoms. The summed E-state index contributed by atoms with van der Waals surface area (Å²) in [5.41, 5.74) is 3.45. The molecule has 1 unspecified atom stereocenters. The molecule has 1 fully saturated rings. The molecule has 0 amide bonds. The number of hydrogen-bond donors (Lipinski definition) is 2. The lowest BCUT2D eigenvalue weighted by molar-refractivity contribution is 0.124. The van der Waals surface area contributed by atoms with Crippen molar-refractivity contribution in [3.8, 4) is 0 Å². The number of ether oxygens (including phenoxy) is 1. The number of nitrogens with one attached hydrogen (secondary N) is 1. The minimum atomic E-state index is 0.0885.